The number of aliphatic hydroxyl groups excluding tert-OH is 1. The highest BCUT2D eigenvalue weighted by atomic mass is 16.5. The molecule has 3 atom stereocenters. The van der Waals surface area contributed by atoms with Crippen LogP contribution in [-0.4, -0.2) is 37.0 Å². The first-order valence-corrected chi connectivity index (χ1v) is 6.86. The number of nitrogens with one attached hydrogen (secondary N) is 1. The Morgan fingerprint density at radius 2 is 2.12 bits per heavy atom. The number of aliphatic hydroxyl groups is 1. The lowest BCUT2D eigenvalue weighted by Gasteiger charge is -2.19. The molecule has 0 spiro atoms. The fourth-order valence-corrected chi connectivity index (χ4v) is 3.01. The minimum Gasteiger partial charge on any atom is -0.396 e. The summed E-state index contributed by atoms with van der Waals surface area (Å²) >= 11 is 0. The van der Waals surface area contributed by atoms with Gasteiger partial charge in [0.2, 0.25) is 0 Å². The smallest absolute Gasteiger partial charge is 0.0576 e. The Labute approximate surface area is 98.6 Å². The Kier molecular flexibility index (Phi) is 5.07. The van der Waals surface area contributed by atoms with Gasteiger partial charge in [-0.2, -0.15) is 0 Å². The highest BCUT2D eigenvalue weighted by Crippen LogP contribution is 2.25. The number of hydrogen-bond acceptors (Lipinski definition) is 3. The van der Waals surface area contributed by atoms with E-state index in [-0.39, 0.29) is 0 Å². The Bertz CT molecular complexity index is 192. The van der Waals surface area contributed by atoms with E-state index in [0.717, 1.165) is 13.2 Å². The molecular formula is C13H25NO2. The molecule has 0 aromatic carbocycles. The van der Waals surface area contributed by atoms with Crippen molar-refractivity contribution < 1.29 is 9.84 Å². The van der Waals surface area contributed by atoms with Crippen LogP contribution in [0.4, 0.5) is 0 Å². The first-order chi connectivity index (χ1) is 7.90. The lowest BCUT2D eigenvalue weighted by molar-refractivity contribution is 0.102. The van der Waals surface area contributed by atoms with E-state index in [1.165, 1.54) is 44.9 Å². The maximum Gasteiger partial charge on any atom is 0.0576 e. The molecule has 2 rings (SSSR count). The van der Waals surface area contributed by atoms with Gasteiger partial charge in [-0.3, -0.25) is 0 Å². The molecule has 0 aromatic rings. The molecule has 0 aromatic heterocycles. The first-order valence-electron chi connectivity index (χ1n) is 6.86. The van der Waals surface area contributed by atoms with Crippen molar-refractivity contribution in [2.45, 2.75) is 57.1 Å². The first kappa shape index (κ1) is 12.3. The summed E-state index contributed by atoms with van der Waals surface area (Å²) in [5.41, 5.74) is 0. The van der Waals surface area contributed by atoms with Crippen LogP contribution in [-0.2, 0) is 4.74 Å². The number of hydrogen-bond donors (Lipinski definition) is 2. The summed E-state index contributed by atoms with van der Waals surface area (Å²) in [4.78, 5) is 0. The van der Waals surface area contributed by atoms with Gasteiger partial charge in [-0.15, -0.1) is 0 Å². The van der Waals surface area contributed by atoms with Gasteiger partial charge >= 0.3 is 0 Å². The summed E-state index contributed by atoms with van der Waals surface area (Å²) in [5.74, 6) is 0.503. The van der Waals surface area contributed by atoms with E-state index in [2.05, 4.69) is 5.32 Å². The molecular weight excluding hydrogens is 202 g/mol. The van der Waals surface area contributed by atoms with E-state index in [1.54, 1.807) is 0 Å². The van der Waals surface area contributed by atoms with E-state index in [4.69, 9.17) is 4.74 Å². The van der Waals surface area contributed by atoms with Crippen molar-refractivity contribution in [3.63, 3.8) is 0 Å². The van der Waals surface area contributed by atoms with Crippen LogP contribution in [0.1, 0.15) is 44.9 Å². The highest BCUT2D eigenvalue weighted by molar-refractivity contribution is 4.82. The molecule has 2 fully saturated rings. The van der Waals surface area contributed by atoms with Crippen LogP contribution in [0.2, 0.25) is 0 Å². The molecule has 1 saturated carbocycles. The molecule has 16 heavy (non-hydrogen) atoms. The third kappa shape index (κ3) is 3.44. The van der Waals surface area contributed by atoms with E-state index in [9.17, 15) is 5.11 Å². The van der Waals surface area contributed by atoms with E-state index >= 15 is 0 Å². The highest BCUT2D eigenvalue weighted by Gasteiger charge is 2.25. The second kappa shape index (κ2) is 6.58. The molecule has 2 N–H and O–H groups in total. The van der Waals surface area contributed by atoms with Gasteiger partial charge in [0.1, 0.15) is 0 Å². The summed E-state index contributed by atoms with van der Waals surface area (Å²) in [6, 6.07) is 0.564. The summed E-state index contributed by atoms with van der Waals surface area (Å²) in [5, 5.41) is 12.8. The standard InChI is InChI=1S/C13H25NO2/c15-10-11-4-1-7-13(11)14-8-2-5-12-6-3-9-16-12/h11-15H,1-10H2. The third-order valence-electron chi connectivity index (χ3n) is 4.03. The lowest BCUT2D eigenvalue weighted by atomic mass is 10.0. The molecule has 3 nitrogen and oxygen atoms in total. The van der Waals surface area contributed by atoms with Gasteiger partial charge in [0.05, 0.1) is 6.10 Å². The fraction of sp³-hybridized carbons (Fsp3) is 1.00. The second-order valence-corrected chi connectivity index (χ2v) is 5.21. The summed E-state index contributed by atoms with van der Waals surface area (Å²) in [6.07, 6.45) is 9.14. The quantitative estimate of drug-likeness (QED) is 0.679. The average molecular weight is 227 g/mol. The van der Waals surface area contributed by atoms with Crippen LogP contribution in [0.15, 0.2) is 0 Å². The second-order valence-electron chi connectivity index (χ2n) is 5.21. The van der Waals surface area contributed by atoms with Gasteiger partial charge in [-0.05, 0) is 51.0 Å². The molecule has 3 unspecified atom stereocenters. The topological polar surface area (TPSA) is 41.5 Å². The van der Waals surface area contributed by atoms with E-state index < -0.39 is 0 Å². The third-order valence-corrected chi connectivity index (χ3v) is 4.03. The minimum absolute atomic E-state index is 0.351. The monoisotopic (exact) mass is 227 g/mol. The fourth-order valence-electron chi connectivity index (χ4n) is 3.01. The molecule has 0 bridgehead atoms. The van der Waals surface area contributed by atoms with Crippen molar-refractivity contribution in [2.24, 2.45) is 5.92 Å². The predicted octanol–water partition coefficient (Wildman–Crippen LogP) is 1.70. The van der Waals surface area contributed by atoms with Crippen LogP contribution in [0.5, 0.6) is 0 Å². The van der Waals surface area contributed by atoms with Crippen molar-refractivity contribution in [1.82, 2.24) is 5.32 Å². The molecule has 94 valence electrons. The van der Waals surface area contributed by atoms with Crippen LogP contribution in [0.3, 0.4) is 0 Å². The Morgan fingerprint density at radius 3 is 2.88 bits per heavy atom. The van der Waals surface area contributed by atoms with Crippen molar-refractivity contribution in [3.05, 3.63) is 0 Å². The van der Waals surface area contributed by atoms with Crippen molar-refractivity contribution in [1.29, 1.82) is 0 Å². The Balaban J connectivity index is 1.53. The van der Waals surface area contributed by atoms with Crippen molar-refractivity contribution in [2.75, 3.05) is 19.8 Å². The number of rotatable bonds is 6. The van der Waals surface area contributed by atoms with Crippen LogP contribution in [0.25, 0.3) is 0 Å². The largest absolute Gasteiger partial charge is 0.396 e. The maximum absolute atomic E-state index is 9.21. The Hall–Kier alpha value is -0.120. The predicted molar refractivity (Wildman–Crippen MR) is 64.4 cm³/mol. The maximum atomic E-state index is 9.21. The van der Waals surface area contributed by atoms with Gasteiger partial charge in [0, 0.05) is 19.3 Å². The van der Waals surface area contributed by atoms with Crippen LogP contribution in [0, 0.1) is 5.92 Å². The molecule has 3 heteroatoms. The molecule has 1 heterocycles. The number of ether oxygens (including phenoxy) is 1. The molecule has 1 aliphatic heterocycles. The van der Waals surface area contributed by atoms with Gasteiger partial charge in [-0.25, -0.2) is 0 Å². The zero-order chi connectivity index (χ0) is 11.2. The zero-order valence-electron chi connectivity index (χ0n) is 10.2. The lowest BCUT2D eigenvalue weighted by Crippen LogP contribution is -2.34. The van der Waals surface area contributed by atoms with E-state index in [1.807, 2.05) is 0 Å². The summed E-state index contributed by atoms with van der Waals surface area (Å²) < 4.78 is 5.60. The molecule has 2 aliphatic rings. The average Bonchev–Trinajstić information content (AvgIpc) is 2.95. The van der Waals surface area contributed by atoms with Crippen molar-refractivity contribution >= 4 is 0 Å². The minimum atomic E-state index is 0.351. The molecule has 0 radical (unpaired) electrons. The van der Waals surface area contributed by atoms with Gasteiger partial charge < -0.3 is 15.2 Å². The van der Waals surface area contributed by atoms with Gasteiger partial charge in [0.25, 0.3) is 0 Å². The zero-order valence-corrected chi connectivity index (χ0v) is 10.2. The van der Waals surface area contributed by atoms with Crippen LogP contribution < -0.4 is 5.32 Å². The molecule has 1 aliphatic carbocycles. The van der Waals surface area contributed by atoms with E-state index in [0.29, 0.717) is 24.7 Å². The summed E-state index contributed by atoms with van der Waals surface area (Å²) in [6.45, 7) is 2.40. The van der Waals surface area contributed by atoms with Gasteiger partial charge in [0.15, 0.2) is 0 Å². The van der Waals surface area contributed by atoms with Gasteiger partial charge in [-0.1, -0.05) is 6.42 Å². The Morgan fingerprint density at radius 1 is 1.19 bits per heavy atom. The summed E-state index contributed by atoms with van der Waals surface area (Å²) in [7, 11) is 0. The molecule has 1 saturated heterocycles. The van der Waals surface area contributed by atoms with Crippen LogP contribution >= 0.6 is 0 Å². The SMILES string of the molecule is OCC1CCCC1NCCCC1CCCO1. The molecule has 0 amide bonds. The van der Waals surface area contributed by atoms with Crippen molar-refractivity contribution in [3.8, 4) is 0 Å². The normalized spacial score (nSPS) is 34.7.